The van der Waals surface area contributed by atoms with Gasteiger partial charge in [-0.1, -0.05) is 19.1 Å². The maximum atomic E-state index is 13.4. The van der Waals surface area contributed by atoms with E-state index in [1.54, 1.807) is 19.2 Å². The quantitative estimate of drug-likeness (QED) is 0.576. The lowest BCUT2D eigenvalue weighted by Crippen LogP contribution is -2.39. The first kappa shape index (κ1) is 23.2. The summed E-state index contributed by atoms with van der Waals surface area (Å²) in [5, 5.41) is 12.8. The molecule has 0 unspecified atom stereocenters. The summed E-state index contributed by atoms with van der Waals surface area (Å²) >= 11 is 0. The maximum Gasteiger partial charge on any atom is 0.304 e. The smallest absolute Gasteiger partial charge is 0.304 e. The number of nitrogens with zero attached hydrogens (tertiary/aromatic N) is 1. The number of aliphatic carboxylic acids is 1. The molecule has 1 saturated heterocycles. The van der Waals surface area contributed by atoms with Crippen molar-refractivity contribution in [3.8, 4) is 0 Å². The summed E-state index contributed by atoms with van der Waals surface area (Å²) in [5.74, 6) is -1.41. The third kappa shape index (κ3) is 6.26. The summed E-state index contributed by atoms with van der Waals surface area (Å²) in [5.41, 5.74) is 3.70. The number of hydrogen-bond donors (Lipinski definition) is 2. The van der Waals surface area contributed by atoms with Crippen molar-refractivity contribution in [2.75, 3.05) is 45.3 Å². The normalized spacial score (nSPS) is 16.6. The summed E-state index contributed by atoms with van der Waals surface area (Å²) < 4.78 is 24.2. The number of nitrogens with one attached hydrogen (secondary N) is 1. The molecular weight excluding hydrogens is 399 g/mol. The molecule has 0 saturated carbocycles. The largest absolute Gasteiger partial charge is 0.481 e. The Morgan fingerprint density at radius 1 is 1.23 bits per heavy atom. The molecule has 31 heavy (non-hydrogen) atoms. The van der Waals surface area contributed by atoms with Crippen molar-refractivity contribution in [2.45, 2.75) is 31.7 Å². The third-order valence-corrected chi connectivity index (χ3v) is 5.69. The van der Waals surface area contributed by atoms with Crippen molar-refractivity contribution in [1.29, 1.82) is 0 Å². The highest BCUT2D eigenvalue weighted by atomic mass is 19.1. The molecule has 0 bridgehead atoms. The second-order valence-electron chi connectivity index (χ2n) is 7.80. The van der Waals surface area contributed by atoms with E-state index >= 15 is 0 Å². The molecule has 2 atom stereocenters. The lowest BCUT2D eigenvalue weighted by molar-refractivity contribution is -0.137. The number of morpholine rings is 1. The van der Waals surface area contributed by atoms with Crippen molar-refractivity contribution in [1.82, 2.24) is 4.90 Å². The number of hydrogen-bond acceptors (Lipinski definition) is 5. The lowest BCUT2D eigenvalue weighted by Gasteiger charge is -2.35. The van der Waals surface area contributed by atoms with Crippen molar-refractivity contribution in [3.05, 3.63) is 59.4 Å². The van der Waals surface area contributed by atoms with E-state index in [0.717, 1.165) is 42.0 Å². The highest BCUT2D eigenvalue weighted by molar-refractivity contribution is 5.69. The molecule has 1 aliphatic heterocycles. The number of halogens is 1. The summed E-state index contributed by atoms with van der Waals surface area (Å²) in [6.07, 6.45) is 0.915. The van der Waals surface area contributed by atoms with Gasteiger partial charge in [-0.2, -0.15) is 0 Å². The van der Waals surface area contributed by atoms with E-state index in [1.807, 2.05) is 12.1 Å². The van der Waals surface area contributed by atoms with Gasteiger partial charge in [0.05, 0.1) is 26.2 Å². The van der Waals surface area contributed by atoms with E-state index in [9.17, 15) is 14.3 Å². The van der Waals surface area contributed by atoms with Crippen LogP contribution in [0.15, 0.2) is 42.5 Å². The van der Waals surface area contributed by atoms with Crippen LogP contribution in [0, 0.1) is 5.82 Å². The van der Waals surface area contributed by atoms with Crippen LogP contribution in [0.1, 0.15) is 42.9 Å². The van der Waals surface area contributed by atoms with Crippen molar-refractivity contribution >= 4 is 17.3 Å². The zero-order valence-corrected chi connectivity index (χ0v) is 18.1. The van der Waals surface area contributed by atoms with E-state index in [-0.39, 0.29) is 24.2 Å². The van der Waals surface area contributed by atoms with Crippen LogP contribution in [-0.2, 0) is 14.3 Å². The Morgan fingerprint density at radius 3 is 2.55 bits per heavy atom. The molecule has 1 heterocycles. The van der Waals surface area contributed by atoms with Crippen LogP contribution in [0.25, 0.3) is 0 Å². The van der Waals surface area contributed by atoms with Gasteiger partial charge in [-0.15, -0.1) is 0 Å². The van der Waals surface area contributed by atoms with Gasteiger partial charge in [0.2, 0.25) is 0 Å². The molecule has 0 aromatic heterocycles. The number of anilines is 2. The van der Waals surface area contributed by atoms with Gasteiger partial charge in [-0.05, 0) is 47.9 Å². The van der Waals surface area contributed by atoms with Crippen LogP contribution in [0.2, 0.25) is 0 Å². The lowest BCUT2D eigenvalue weighted by atomic mass is 9.91. The van der Waals surface area contributed by atoms with Crippen LogP contribution in [-0.4, -0.2) is 56.0 Å². The predicted octanol–water partition coefficient (Wildman–Crippen LogP) is 4.56. The van der Waals surface area contributed by atoms with Crippen molar-refractivity contribution in [3.63, 3.8) is 0 Å². The average Bonchev–Trinajstić information content (AvgIpc) is 2.77. The highest BCUT2D eigenvalue weighted by Crippen LogP contribution is 2.35. The molecule has 0 aliphatic carbocycles. The molecule has 0 amide bonds. The van der Waals surface area contributed by atoms with E-state index in [1.165, 1.54) is 12.1 Å². The summed E-state index contributed by atoms with van der Waals surface area (Å²) in [6.45, 7) is 5.63. The van der Waals surface area contributed by atoms with Gasteiger partial charge >= 0.3 is 5.97 Å². The fourth-order valence-corrected chi connectivity index (χ4v) is 4.16. The van der Waals surface area contributed by atoms with Crippen LogP contribution in [0.3, 0.4) is 0 Å². The zero-order chi connectivity index (χ0) is 22.2. The standard InChI is InChI=1S/C24H31FN2O4/c1-3-23(27-10-12-31-13-11-27)21-9-4-17(18(16-30-2)15-24(28)29)14-22(21)26-20-7-5-19(25)6-8-20/h4-9,14,18,23,26H,3,10-13,15-16H2,1-2H3,(H,28,29)/t18-,23-/m1/s1. The summed E-state index contributed by atoms with van der Waals surface area (Å²) in [7, 11) is 1.58. The SMILES string of the molecule is CC[C@H](c1ccc([C@@H](COC)CC(=O)O)cc1Nc1ccc(F)cc1)N1CCOCC1. The van der Waals surface area contributed by atoms with Gasteiger partial charge in [0, 0.05) is 43.5 Å². The number of benzene rings is 2. The number of rotatable bonds is 10. The van der Waals surface area contributed by atoms with E-state index in [0.29, 0.717) is 19.8 Å². The van der Waals surface area contributed by atoms with Gasteiger partial charge in [-0.3, -0.25) is 9.69 Å². The molecule has 1 aliphatic rings. The highest BCUT2D eigenvalue weighted by Gasteiger charge is 2.25. The second kappa shape index (κ2) is 11.2. The average molecular weight is 431 g/mol. The molecule has 0 spiro atoms. The first-order chi connectivity index (χ1) is 15.0. The minimum absolute atomic E-state index is 0.0101. The van der Waals surface area contributed by atoms with Crippen molar-refractivity contribution in [2.24, 2.45) is 0 Å². The first-order valence-electron chi connectivity index (χ1n) is 10.7. The molecule has 6 nitrogen and oxygen atoms in total. The minimum atomic E-state index is -0.862. The van der Waals surface area contributed by atoms with Gasteiger partial charge in [0.1, 0.15) is 5.82 Å². The van der Waals surface area contributed by atoms with Crippen LogP contribution in [0.4, 0.5) is 15.8 Å². The Hall–Kier alpha value is -2.48. The fraction of sp³-hybridized carbons (Fsp3) is 0.458. The molecule has 0 radical (unpaired) electrons. The van der Waals surface area contributed by atoms with Crippen LogP contribution in [0.5, 0.6) is 0 Å². The molecule has 1 fully saturated rings. The van der Waals surface area contributed by atoms with Crippen LogP contribution >= 0.6 is 0 Å². The van der Waals surface area contributed by atoms with E-state index < -0.39 is 5.97 Å². The van der Waals surface area contributed by atoms with Gasteiger partial charge in [0.25, 0.3) is 0 Å². The molecular formula is C24H31FN2O4. The Kier molecular flexibility index (Phi) is 8.40. The fourth-order valence-electron chi connectivity index (χ4n) is 4.16. The number of carboxylic acids is 1. The number of carboxylic acid groups (broad SMARTS) is 1. The number of ether oxygens (including phenoxy) is 2. The topological polar surface area (TPSA) is 71.0 Å². The Bertz CT molecular complexity index is 853. The molecule has 2 aromatic carbocycles. The maximum absolute atomic E-state index is 13.4. The molecule has 3 rings (SSSR count). The van der Waals surface area contributed by atoms with E-state index in [4.69, 9.17) is 9.47 Å². The first-order valence-corrected chi connectivity index (χ1v) is 10.7. The Balaban J connectivity index is 1.99. The summed E-state index contributed by atoms with van der Waals surface area (Å²) in [4.78, 5) is 13.8. The third-order valence-electron chi connectivity index (χ3n) is 5.69. The molecule has 7 heteroatoms. The Labute approximate surface area is 183 Å². The second-order valence-corrected chi connectivity index (χ2v) is 7.80. The molecule has 168 valence electrons. The Morgan fingerprint density at radius 2 is 1.94 bits per heavy atom. The van der Waals surface area contributed by atoms with Gasteiger partial charge in [-0.25, -0.2) is 4.39 Å². The van der Waals surface area contributed by atoms with Crippen molar-refractivity contribution < 1.29 is 23.8 Å². The predicted molar refractivity (Wildman–Crippen MR) is 118 cm³/mol. The number of methoxy groups -OCH3 is 1. The van der Waals surface area contributed by atoms with Crippen LogP contribution < -0.4 is 5.32 Å². The van der Waals surface area contributed by atoms with Gasteiger partial charge in [0.15, 0.2) is 0 Å². The molecule has 2 N–H and O–H groups in total. The summed E-state index contributed by atoms with van der Waals surface area (Å²) in [6, 6.07) is 12.5. The monoisotopic (exact) mass is 430 g/mol. The number of carbonyl (C=O) groups is 1. The minimum Gasteiger partial charge on any atom is -0.481 e. The zero-order valence-electron chi connectivity index (χ0n) is 18.1. The van der Waals surface area contributed by atoms with E-state index in [2.05, 4.69) is 23.2 Å². The van der Waals surface area contributed by atoms with Gasteiger partial charge < -0.3 is 19.9 Å². The molecule has 2 aromatic rings.